The van der Waals surface area contributed by atoms with E-state index in [1.165, 1.54) is 11.3 Å². The summed E-state index contributed by atoms with van der Waals surface area (Å²) in [5, 5.41) is 3.45. The number of rotatable bonds is 3. The average molecular weight is 381 g/mol. The number of H-pyrrole nitrogens is 1. The predicted octanol–water partition coefficient (Wildman–Crippen LogP) is 3.81. The highest BCUT2D eigenvalue weighted by molar-refractivity contribution is 7.73. The molecular formula is C19H15N3O2S2. The zero-order valence-corrected chi connectivity index (χ0v) is 15.5. The van der Waals surface area contributed by atoms with Crippen LogP contribution in [-0.2, 0) is 6.54 Å². The van der Waals surface area contributed by atoms with E-state index < -0.39 is 0 Å². The van der Waals surface area contributed by atoms with Gasteiger partial charge in [-0.25, -0.2) is 0 Å². The van der Waals surface area contributed by atoms with Crippen molar-refractivity contribution in [3.8, 4) is 0 Å². The second-order valence-corrected chi connectivity index (χ2v) is 7.67. The third-order valence-corrected chi connectivity index (χ3v) is 5.55. The van der Waals surface area contributed by atoms with Crippen LogP contribution in [0.25, 0.3) is 16.6 Å². The number of aromatic amines is 1. The zero-order valence-electron chi connectivity index (χ0n) is 13.9. The number of nitrogens with one attached hydrogen (secondary N) is 2. The Hall–Kier alpha value is -2.77. The van der Waals surface area contributed by atoms with Crippen molar-refractivity contribution in [2.24, 2.45) is 0 Å². The van der Waals surface area contributed by atoms with Crippen LogP contribution >= 0.6 is 23.6 Å². The molecule has 0 aliphatic rings. The van der Waals surface area contributed by atoms with Crippen molar-refractivity contribution in [1.82, 2.24) is 14.7 Å². The van der Waals surface area contributed by atoms with Crippen molar-refractivity contribution < 1.29 is 4.79 Å². The number of aromatic nitrogens is 2. The fourth-order valence-electron chi connectivity index (χ4n) is 2.92. The van der Waals surface area contributed by atoms with Crippen LogP contribution in [0.15, 0.2) is 53.3 Å². The summed E-state index contributed by atoms with van der Waals surface area (Å²) in [7, 11) is 0. The van der Waals surface area contributed by atoms with E-state index in [9.17, 15) is 9.59 Å². The molecule has 0 spiro atoms. The third-order valence-electron chi connectivity index (χ3n) is 4.18. The highest BCUT2D eigenvalue weighted by atomic mass is 32.1. The molecule has 0 unspecified atom stereocenters. The Morgan fingerprint density at radius 3 is 2.77 bits per heavy atom. The van der Waals surface area contributed by atoms with Crippen LogP contribution in [0.4, 0.5) is 0 Å². The van der Waals surface area contributed by atoms with Crippen molar-refractivity contribution in [2.75, 3.05) is 0 Å². The fourth-order valence-corrected chi connectivity index (χ4v) is 4.22. The Bertz CT molecular complexity index is 1250. The van der Waals surface area contributed by atoms with Gasteiger partial charge in [-0.2, -0.15) is 0 Å². The van der Waals surface area contributed by atoms with E-state index in [1.807, 2.05) is 55.5 Å². The van der Waals surface area contributed by atoms with Gasteiger partial charge in [0, 0.05) is 6.54 Å². The standard InChI is InChI=1S/C19H15N3O2S2/c1-11-7-8-14-13(9-11)17(23)21-16-15(26-19(25)22(14)16)18(24)20-10-12-5-3-2-4-6-12/h2-9H,10H2,1H3,(H,20,24)(H,21,23). The first-order chi connectivity index (χ1) is 12.5. The molecule has 7 heteroatoms. The minimum atomic E-state index is -0.255. The van der Waals surface area contributed by atoms with Gasteiger partial charge in [0.25, 0.3) is 11.5 Å². The van der Waals surface area contributed by atoms with Gasteiger partial charge in [-0.15, -0.1) is 0 Å². The third kappa shape index (κ3) is 2.85. The molecule has 130 valence electrons. The number of hydrogen-bond acceptors (Lipinski definition) is 4. The number of aryl methyl sites for hydroxylation is 1. The zero-order chi connectivity index (χ0) is 18.3. The van der Waals surface area contributed by atoms with Crippen molar-refractivity contribution in [3.63, 3.8) is 0 Å². The van der Waals surface area contributed by atoms with Crippen molar-refractivity contribution >= 4 is 46.0 Å². The first kappa shape index (κ1) is 16.7. The number of carbonyl (C=O) groups excluding carboxylic acids is 1. The molecule has 1 amide bonds. The Kier molecular flexibility index (Phi) is 4.18. The summed E-state index contributed by atoms with van der Waals surface area (Å²) in [5.74, 6) is -0.255. The Morgan fingerprint density at radius 2 is 2.00 bits per heavy atom. The second kappa shape index (κ2) is 6.51. The van der Waals surface area contributed by atoms with Crippen LogP contribution in [0.5, 0.6) is 0 Å². The van der Waals surface area contributed by atoms with Crippen LogP contribution < -0.4 is 10.9 Å². The fraction of sp³-hybridized carbons (Fsp3) is 0.105. The monoisotopic (exact) mass is 381 g/mol. The Labute approximate surface area is 157 Å². The van der Waals surface area contributed by atoms with E-state index >= 15 is 0 Å². The van der Waals surface area contributed by atoms with Crippen molar-refractivity contribution in [3.05, 3.63) is 78.8 Å². The molecule has 0 bridgehead atoms. The van der Waals surface area contributed by atoms with Crippen LogP contribution in [-0.4, -0.2) is 15.3 Å². The second-order valence-electron chi connectivity index (χ2n) is 6.02. The van der Waals surface area contributed by atoms with Gasteiger partial charge in [0.1, 0.15) is 10.5 Å². The highest BCUT2D eigenvalue weighted by Gasteiger charge is 2.17. The number of thiazole rings is 1. The highest BCUT2D eigenvalue weighted by Crippen LogP contribution is 2.23. The van der Waals surface area contributed by atoms with E-state index in [0.29, 0.717) is 31.9 Å². The Morgan fingerprint density at radius 1 is 1.23 bits per heavy atom. The maximum absolute atomic E-state index is 12.7. The number of amides is 1. The topological polar surface area (TPSA) is 66.4 Å². The first-order valence-corrected chi connectivity index (χ1v) is 9.27. The molecule has 0 radical (unpaired) electrons. The van der Waals surface area contributed by atoms with Crippen LogP contribution in [0.3, 0.4) is 0 Å². The van der Waals surface area contributed by atoms with Gasteiger partial charge in [-0.3, -0.25) is 14.0 Å². The molecule has 2 aromatic heterocycles. The van der Waals surface area contributed by atoms with Gasteiger partial charge in [0.2, 0.25) is 0 Å². The Balaban J connectivity index is 1.80. The van der Waals surface area contributed by atoms with E-state index in [0.717, 1.165) is 11.1 Å². The lowest BCUT2D eigenvalue weighted by atomic mass is 10.1. The van der Waals surface area contributed by atoms with Gasteiger partial charge < -0.3 is 10.3 Å². The lowest BCUT2D eigenvalue weighted by Gasteiger charge is -2.06. The number of hydrogen-bond donors (Lipinski definition) is 2. The molecule has 2 heterocycles. The molecule has 2 aromatic carbocycles. The number of fused-ring (bicyclic) bond motifs is 3. The van der Waals surface area contributed by atoms with Crippen LogP contribution in [0.1, 0.15) is 20.8 Å². The summed E-state index contributed by atoms with van der Waals surface area (Å²) in [6, 6.07) is 15.3. The number of benzene rings is 2. The molecule has 0 aliphatic heterocycles. The summed E-state index contributed by atoms with van der Waals surface area (Å²) in [5.41, 5.74) is 2.91. The summed E-state index contributed by atoms with van der Waals surface area (Å²) in [6.07, 6.45) is 0. The van der Waals surface area contributed by atoms with Crippen LogP contribution in [0.2, 0.25) is 0 Å². The van der Waals surface area contributed by atoms with Gasteiger partial charge in [0.05, 0.1) is 10.9 Å². The number of carbonyl (C=O) groups is 1. The molecule has 0 saturated carbocycles. The van der Waals surface area contributed by atoms with Crippen molar-refractivity contribution in [2.45, 2.75) is 13.5 Å². The minimum absolute atomic E-state index is 0.228. The predicted molar refractivity (Wildman–Crippen MR) is 107 cm³/mol. The van der Waals surface area contributed by atoms with E-state index in [4.69, 9.17) is 12.2 Å². The first-order valence-electron chi connectivity index (χ1n) is 8.05. The average Bonchev–Trinajstić information content (AvgIpc) is 2.97. The molecule has 0 saturated heterocycles. The van der Waals surface area contributed by atoms with Crippen LogP contribution in [0, 0.1) is 10.9 Å². The maximum atomic E-state index is 12.7. The summed E-state index contributed by atoms with van der Waals surface area (Å²) in [4.78, 5) is 28.4. The molecular weight excluding hydrogens is 366 g/mol. The van der Waals surface area contributed by atoms with Crippen molar-refractivity contribution in [1.29, 1.82) is 0 Å². The summed E-state index contributed by atoms with van der Waals surface area (Å²) >= 11 is 6.65. The normalized spacial score (nSPS) is 11.1. The molecule has 0 atom stereocenters. The minimum Gasteiger partial charge on any atom is -0.347 e. The molecule has 26 heavy (non-hydrogen) atoms. The molecule has 5 nitrogen and oxygen atoms in total. The molecule has 4 aromatic rings. The smallest absolute Gasteiger partial charge is 0.265 e. The lowest BCUT2D eigenvalue weighted by molar-refractivity contribution is 0.0956. The molecule has 2 N–H and O–H groups in total. The van der Waals surface area contributed by atoms with E-state index in [2.05, 4.69) is 10.3 Å². The largest absolute Gasteiger partial charge is 0.347 e. The quantitative estimate of drug-likeness (QED) is 0.530. The molecule has 0 fully saturated rings. The summed E-state index contributed by atoms with van der Waals surface area (Å²) < 4.78 is 2.28. The van der Waals surface area contributed by atoms with Gasteiger partial charge in [0.15, 0.2) is 3.95 Å². The molecule has 4 rings (SSSR count). The summed E-state index contributed by atoms with van der Waals surface area (Å²) in [6.45, 7) is 2.34. The lowest BCUT2D eigenvalue weighted by Crippen LogP contribution is -2.23. The van der Waals surface area contributed by atoms with E-state index in [-0.39, 0.29) is 11.5 Å². The van der Waals surface area contributed by atoms with E-state index in [1.54, 1.807) is 4.40 Å². The maximum Gasteiger partial charge on any atom is 0.265 e. The van der Waals surface area contributed by atoms with Gasteiger partial charge >= 0.3 is 0 Å². The van der Waals surface area contributed by atoms with Gasteiger partial charge in [-0.05, 0) is 36.8 Å². The number of nitrogens with zero attached hydrogens (tertiary/aromatic N) is 1. The SMILES string of the molecule is Cc1ccc2c(c1)c(=O)[nH]c1c(C(=O)NCc3ccccc3)sc(=S)n12. The van der Waals surface area contributed by atoms with Gasteiger partial charge in [-0.1, -0.05) is 53.3 Å². The molecule has 0 aliphatic carbocycles.